The Balaban J connectivity index is 2.18. The Labute approximate surface area is 124 Å². The summed E-state index contributed by atoms with van der Waals surface area (Å²) in [6, 6.07) is 8.22. The molecule has 0 bridgehead atoms. The van der Waals surface area contributed by atoms with Gasteiger partial charge < -0.3 is 9.72 Å². The topological polar surface area (TPSA) is 55.0 Å². The standard InChI is InChI=1S/C15H10ClFN2O2/c1-21-15(20)14-10(16)4-5-11(19-14)9-3-2-8-6-7-18-13(8)12(9)17/h2-7,18H,1H3. The first kappa shape index (κ1) is 13.6. The molecule has 1 aromatic carbocycles. The van der Waals surface area contributed by atoms with Crippen LogP contribution in [0.4, 0.5) is 4.39 Å². The van der Waals surface area contributed by atoms with Gasteiger partial charge in [0, 0.05) is 17.1 Å². The molecular formula is C15H10ClFN2O2. The Morgan fingerprint density at radius 1 is 1.29 bits per heavy atom. The molecule has 0 aliphatic rings. The average Bonchev–Trinajstić information content (AvgIpc) is 2.97. The molecular weight excluding hydrogens is 295 g/mol. The van der Waals surface area contributed by atoms with Gasteiger partial charge in [-0.3, -0.25) is 0 Å². The number of nitrogens with one attached hydrogen (secondary N) is 1. The van der Waals surface area contributed by atoms with E-state index in [1.165, 1.54) is 13.2 Å². The Morgan fingerprint density at radius 2 is 2.10 bits per heavy atom. The minimum absolute atomic E-state index is 0.0392. The Morgan fingerprint density at radius 3 is 2.86 bits per heavy atom. The molecule has 0 aliphatic carbocycles. The largest absolute Gasteiger partial charge is 0.464 e. The summed E-state index contributed by atoms with van der Waals surface area (Å²) in [4.78, 5) is 18.5. The van der Waals surface area contributed by atoms with Crippen LogP contribution in [0.15, 0.2) is 36.5 Å². The van der Waals surface area contributed by atoms with E-state index in [0.29, 0.717) is 11.2 Å². The summed E-state index contributed by atoms with van der Waals surface area (Å²) in [6.07, 6.45) is 1.66. The summed E-state index contributed by atoms with van der Waals surface area (Å²) in [5.74, 6) is -1.09. The first-order valence-corrected chi connectivity index (χ1v) is 6.50. The highest BCUT2D eigenvalue weighted by Gasteiger charge is 2.17. The molecule has 3 rings (SSSR count). The van der Waals surface area contributed by atoms with Crippen molar-refractivity contribution in [2.24, 2.45) is 0 Å². The van der Waals surface area contributed by atoms with Crippen LogP contribution in [0.25, 0.3) is 22.2 Å². The zero-order valence-electron chi connectivity index (χ0n) is 11.0. The van der Waals surface area contributed by atoms with E-state index < -0.39 is 11.8 Å². The number of aromatic amines is 1. The van der Waals surface area contributed by atoms with Crippen LogP contribution < -0.4 is 0 Å². The lowest BCUT2D eigenvalue weighted by Crippen LogP contribution is -2.06. The van der Waals surface area contributed by atoms with Crippen LogP contribution in [-0.2, 0) is 4.74 Å². The number of halogens is 2. The Kier molecular flexibility index (Phi) is 3.35. The monoisotopic (exact) mass is 304 g/mol. The van der Waals surface area contributed by atoms with Gasteiger partial charge in [0.05, 0.1) is 23.3 Å². The molecule has 21 heavy (non-hydrogen) atoms. The van der Waals surface area contributed by atoms with Crippen LogP contribution in [0.5, 0.6) is 0 Å². The van der Waals surface area contributed by atoms with Gasteiger partial charge in [0.15, 0.2) is 11.5 Å². The Bertz CT molecular complexity index is 845. The van der Waals surface area contributed by atoms with Crippen molar-refractivity contribution in [1.82, 2.24) is 9.97 Å². The summed E-state index contributed by atoms with van der Waals surface area (Å²) in [7, 11) is 1.23. The number of rotatable bonds is 2. The summed E-state index contributed by atoms with van der Waals surface area (Å²) in [6.45, 7) is 0. The van der Waals surface area contributed by atoms with Crippen LogP contribution in [0, 0.1) is 5.82 Å². The van der Waals surface area contributed by atoms with Crippen molar-refractivity contribution in [2.75, 3.05) is 7.11 Å². The molecule has 0 unspecified atom stereocenters. The molecule has 2 heterocycles. The van der Waals surface area contributed by atoms with Crippen molar-refractivity contribution in [3.05, 3.63) is 53.1 Å². The van der Waals surface area contributed by atoms with Crippen molar-refractivity contribution >= 4 is 28.5 Å². The molecule has 0 amide bonds. The van der Waals surface area contributed by atoms with Gasteiger partial charge in [-0.05, 0) is 24.3 Å². The van der Waals surface area contributed by atoms with Crippen LogP contribution in [0.3, 0.4) is 0 Å². The molecule has 1 N–H and O–H groups in total. The third kappa shape index (κ3) is 2.25. The highest BCUT2D eigenvalue weighted by molar-refractivity contribution is 6.33. The van der Waals surface area contributed by atoms with Crippen LogP contribution >= 0.6 is 11.6 Å². The summed E-state index contributed by atoms with van der Waals surface area (Å²) < 4.78 is 19.1. The highest BCUT2D eigenvalue weighted by atomic mass is 35.5. The number of ether oxygens (including phenoxy) is 1. The van der Waals surface area contributed by atoms with Crippen molar-refractivity contribution in [3.63, 3.8) is 0 Å². The number of aromatic nitrogens is 2. The number of methoxy groups -OCH3 is 1. The van der Waals surface area contributed by atoms with Crippen LogP contribution in [-0.4, -0.2) is 23.0 Å². The molecule has 0 saturated heterocycles. The highest BCUT2D eigenvalue weighted by Crippen LogP contribution is 2.28. The molecule has 3 aromatic rings. The first-order valence-electron chi connectivity index (χ1n) is 6.12. The van der Waals surface area contributed by atoms with Crippen LogP contribution in [0.1, 0.15) is 10.5 Å². The predicted octanol–water partition coefficient (Wildman–Crippen LogP) is 3.81. The van der Waals surface area contributed by atoms with Gasteiger partial charge in [-0.1, -0.05) is 17.7 Å². The smallest absolute Gasteiger partial charge is 0.358 e. The summed E-state index contributed by atoms with van der Waals surface area (Å²) >= 11 is 5.91. The van der Waals surface area contributed by atoms with E-state index in [2.05, 4.69) is 14.7 Å². The zero-order chi connectivity index (χ0) is 15.0. The average molecular weight is 305 g/mol. The minimum atomic E-state index is -0.664. The van der Waals surface area contributed by atoms with Crippen LogP contribution in [0.2, 0.25) is 5.02 Å². The molecule has 0 atom stereocenters. The van der Waals surface area contributed by atoms with E-state index in [-0.39, 0.29) is 16.3 Å². The number of carbonyl (C=O) groups is 1. The minimum Gasteiger partial charge on any atom is -0.464 e. The van der Waals surface area contributed by atoms with E-state index in [9.17, 15) is 9.18 Å². The van der Waals surface area contributed by atoms with Crippen molar-refractivity contribution in [1.29, 1.82) is 0 Å². The predicted molar refractivity (Wildman–Crippen MR) is 77.8 cm³/mol. The van der Waals surface area contributed by atoms with E-state index in [0.717, 1.165) is 5.39 Å². The number of nitrogens with zero attached hydrogens (tertiary/aromatic N) is 1. The lowest BCUT2D eigenvalue weighted by atomic mass is 10.1. The van der Waals surface area contributed by atoms with Gasteiger partial charge in [0.25, 0.3) is 0 Å². The third-order valence-electron chi connectivity index (χ3n) is 3.17. The number of benzene rings is 1. The molecule has 4 nitrogen and oxygen atoms in total. The summed E-state index contributed by atoms with van der Waals surface area (Å²) in [5.41, 5.74) is 0.951. The molecule has 2 aromatic heterocycles. The normalized spacial score (nSPS) is 10.8. The van der Waals surface area contributed by atoms with Crippen molar-refractivity contribution in [3.8, 4) is 11.3 Å². The SMILES string of the molecule is COC(=O)c1nc(-c2ccc3cc[nH]c3c2F)ccc1Cl. The quantitative estimate of drug-likeness (QED) is 0.732. The number of pyridine rings is 1. The molecule has 6 heteroatoms. The van der Waals surface area contributed by atoms with Crippen molar-refractivity contribution in [2.45, 2.75) is 0 Å². The van der Waals surface area contributed by atoms with E-state index in [1.807, 2.05) is 0 Å². The third-order valence-corrected chi connectivity index (χ3v) is 3.47. The fourth-order valence-corrected chi connectivity index (χ4v) is 2.30. The molecule has 0 radical (unpaired) electrons. The number of hydrogen-bond acceptors (Lipinski definition) is 3. The fraction of sp³-hybridized carbons (Fsp3) is 0.0667. The van der Waals surface area contributed by atoms with Gasteiger partial charge >= 0.3 is 5.97 Å². The van der Waals surface area contributed by atoms with E-state index in [4.69, 9.17) is 11.6 Å². The maximum absolute atomic E-state index is 14.5. The lowest BCUT2D eigenvalue weighted by Gasteiger charge is -2.07. The number of fused-ring (bicyclic) bond motifs is 1. The Hall–Kier alpha value is -2.40. The molecule has 0 aliphatic heterocycles. The van der Waals surface area contributed by atoms with Gasteiger partial charge in [0.2, 0.25) is 0 Å². The molecule has 0 spiro atoms. The molecule has 0 fully saturated rings. The van der Waals surface area contributed by atoms with E-state index >= 15 is 0 Å². The maximum Gasteiger partial charge on any atom is 0.358 e. The second kappa shape index (κ2) is 5.18. The number of hydrogen-bond donors (Lipinski definition) is 1. The summed E-state index contributed by atoms with van der Waals surface area (Å²) in [5, 5.41) is 0.922. The first-order chi connectivity index (χ1) is 10.1. The lowest BCUT2D eigenvalue weighted by molar-refractivity contribution is 0.0594. The second-order valence-corrected chi connectivity index (χ2v) is 4.79. The molecule has 106 valence electrons. The van der Waals surface area contributed by atoms with Gasteiger partial charge in [-0.2, -0.15) is 0 Å². The fourth-order valence-electron chi connectivity index (χ4n) is 2.12. The van der Waals surface area contributed by atoms with E-state index in [1.54, 1.807) is 30.5 Å². The number of carbonyl (C=O) groups excluding carboxylic acids is 1. The van der Waals surface area contributed by atoms with Gasteiger partial charge in [-0.25, -0.2) is 14.2 Å². The number of H-pyrrole nitrogens is 1. The van der Waals surface area contributed by atoms with Crippen molar-refractivity contribution < 1.29 is 13.9 Å². The zero-order valence-corrected chi connectivity index (χ0v) is 11.7. The second-order valence-electron chi connectivity index (χ2n) is 4.39. The van der Waals surface area contributed by atoms with Gasteiger partial charge in [-0.15, -0.1) is 0 Å². The van der Waals surface area contributed by atoms with Gasteiger partial charge in [0.1, 0.15) is 0 Å². The maximum atomic E-state index is 14.5. The molecule has 0 saturated carbocycles. The number of esters is 1.